The lowest BCUT2D eigenvalue weighted by Crippen LogP contribution is -2.60. The van der Waals surface area contributed by atoms with Crippen LogP contribution in [0.5, 0.6) is 5.75 Å². The van der Waals surface area contributed by atoms with Crippen LogP contribution < -0.4 is 18.0 Å². The van der Waals surface area contributed by atoms with Crippen molar-refractivity contribution in [1.82, 2.24) is 0 Å². The van der Waals surface area contributed by atoms with Crippen LogP contribution in [0.2, 0.25) is 0 Å². The topological polar surface area (TPSA) is 9.23 Å². The van der Waals surface area contributed by atoms with Crippen LogP contribution in [0.15, 0.2) is 12.1 Å². The van der Waals surface area contributed by atoms with Gasteiger partial charge in [0.2, 0.25) is 11.6 Å². The summed E-state index contributed by atoms with van der Waals surface area (Å²) >= 11 is -5.33. The first kappa shape index (κ1) is 24.8. The largest absolute Gasteiger partial charge is 0.491 e. The van der Waals surface area contributed by atoms with Crippen LogP contribution in [0, 0.1) is 69.8 Å². The molecule has 0 fully saturated rings. The van der Waals surface area contributed by atoms with Gasteiger partial charge in [0.25, 0.3) is 0 Å². The van der Waals surface area contributed by atoms with E-state index >= 15 is 0 Å². The lowest BCUT2D eigenvalue weighted by molar-refractivity contribution is 0.335. The zero-order chi connectivity index (χ0) is 24.9. The summed E-state index contributed by atoms with van der Waals surface area (Å²) in [5, 5.41) is 0. The van der Waals surface area contributed by atoms with Crippen molar-refractivity contribution in [2.75, 3.05) is 7.11 Å². The van der Waals surface area contributed by atoms with E-state index in [1.165, 1.54) is 0 Å². The monoisotopic (exact) mass is 504 g/mol. The number of halogens is 12. The van der Waals surface area contributed by atoms with Gasteiger partial charge in [0, 0.05) is 12.1 Å². The van der Waals surface area contributed by atoms with Gasteiger partial charge >= 0.3 is 14.1 Å². The molecule has 0 radical (unpaired) electrons. The highest BCUT2D eigenvalue weighted by atomic mass is 27.2. The van der Waals surface area contributed by atoms with Crippen LogP contribution >= 0.6 is 0 Å². The Morgan fingerprint density at radius 2 is 0.788 bits per heavy atom. The van der Waals surface area contributed by atoms with Crippen molar-refractivity contribution in [2.24, 2.45) is 0 Å². The van der Waals surface area contributed by atoms with E-state index in [0.29, 0.717) is 7.11 Å². The van der Waals surface area contributed by atoms with Crippen LogP contribution in [0.25, 0.3) is 0 Å². The summed E-state index contributed by atoms with van der Waals surface area (Å²) in [4.78, 5) is 0. The molecule has 3 aromatic carbocycles. The Bertz CT molecular complexity index is 1200. The summed E-state index contributed by atoms with van der Waals surface area (Å²) in [6.07, 6.45) is 0. The molecule has 0 unspecified atom stereocenters. The summed E-state index contributed by atoms with van der Waals surface area (Å²) in [7, 11) is 0.568. The Morgan fingerprint density at radius 3 is 1.12 bits per heavy atom. The number of methoxy groups -OCH3 is 1. The van der Waals surface area contributed by atoms with Crippen LogP contribution in [0.1, 0.15) is 0 Å². The zero-order valence-electron chi connectivity index (χ0n) is 15.7. The van der Waals surface area contributed by atoms with E-state index in [9.17, 15) is 52.7 Å². The average molecular weight is 504 g/mol. The summed E-state index contributed by atoms with van der Waals surface area (Å²) in [6.45, 7) is 0. The first-order chi connectivity index (χ1) is 15.3. The molecule has 0 saturated carbocycles. The number of benzene rings is 3. The van der Waals surface area contributed by atoms with E-state index in [1.807, 2.05) is 0 Å². The minimum Gasteiger partial charge on any atom is -0.491 e. The molecule has 14 heteroatoms. The highest BCUT2D eigenvalue weighted by Crippen LogP contribution is 2.26. The van der Waals surface area contributed by atoms with Gasteiger partial charge in [-0.05, 0) is 13.3 Å². The van der Waals surface area contributed by atoms with Gasteiger partial charge in [0.1, 0.15) is 11.6 Å². The van der Waals surface area contributed by atoms with Gasteiger partial charge in [-0.25, -0.2) is 43.9 Å². The molecule has 0 saturated heterocycles. The van der Waals surface area contributed by atoms with Gasteiger partial charge in [0.05, 0.1) is 7.11 Å². The fraction of sp³-hybridized carbons (Fsp3) is 0.0526. The molecule has 174 valence electrons. The maximum absolute atomic E-state index is 14.7. The normalized spacial score (nSPS) is 11.2. The van der Waals surface area contributed by atoms with Gasteiger partial charge in [-0.1, -0.05) is 0 Å². The molecule has 0 atom stereocenters. The molecule has 0 aliphatic carbocycles. The van der Waals surface area contributed by atoms with E-state index in [0.717, 1.165) is 0 Å². The minimum atomic E-state index is -5.33. The number of hydrogen-bond donors (Lipinski definition) is 0. The van der Waals surface area contributed by atoms with Crippen molar-refractivity contribution in [3.8, 4) is 5.75 Å². The predicted octanol–water partition coefficient (Wildman–Crippen LogP) is 3.88. The quantitative estimate of drug-likeness (QED) is 0.227. The maximum atomic E-state index is 14.7. The van der Waals surface area contributed by atoms with Crippen molar-refractivity contribution in [3.05, 3.63) is 81.9 Å². The second-order valence-electron chi connectivity index (χ2n) is 6.40. The molecule has 3 aromatic rings. The third-order valence-corrected chi connectivity index (χ3v) is 7.92. The Balaban J connectivity index is 2.60. The molecule has 0 spiro atoms. The second kappa shape index (κ2) is 8.83. The lowest BCUT2D eigenvalue weighted by atomic mass is 10.3. The van der Waals surface area contributed by atoms with E-state index in [-0.39, 0.29) is 12.1 Å². The van der Waals surface area contributed by atoms with Crippen LogP contribution in [-0.4, -0.2) is 21.3 Å². The summed E-state index contributed by atoms with van der Waals surface area (Å²) in [6, 6.07) is -0.759. The fourth-order valence-electron chi connectivity index (χ4n) is 3.18. The number of rotatable bonds is 4. The highest BCUT2D eigenvalue weighted by molar-refractivity contribution is 6.95. The molecule has 0 N–H and O–H groups in total. The Labute approximate surface area is 180 Å². The van der Waals surface area contributed by atoms with Crippen molar-refractivity contribution in [1.29, 1.82) is 0 Å². The van der Waals surface area contributed by atoms with E-state index in [2.05, 4.69) is 4.74 Å². The van der Waals surface area contributed by atoms with Crippen LogP contribution in [0.3, 0.4) is 0 Å². The number of hydrogen-bond acceptors (Lipinski definition) is 1. The van der Waals surface area contributed by atoms with Gasteiger partial charge in [-0.15, -0.1) is 0 Å². The lowest BCUT2D eigenvalue weighted by Gasteiger charge is -2.20. The maximum Gasteiger partial charge on any atom is 0.412 e. The van der Waals surface area contributed by atoms with E-state index in [4.69, 9.17) is 0 Å². The molecule has 0 aromatic heterocycles. The molecule has 0 aliphatic heterocycles. The molecule has 0 amide bonds. The Morgan fingerprint density at radius 1 is 0.455 bits per heavy atom. The standard InChI is InChI=1S/C7H3F4O.2C6HF4.Al/c1-12-7-5(10)3(8)2-4(9)6(7)11;2*7-3-1-4(8)6(10)5(9)2-3;/h1H3;2*1H;. The SMILES string of the molecule is COc1c(F)c(F)[c]([Al]([c]2c(F)cc(F)c(F)c2F)[c]2c(F)cc(F)c(F)c2F)c(F)c1F. The molecule has 0 bridgehead atoms. The summed E-state index contributed by atoms with van der Waals surface area (Å²) in [5.74, 6) is -30.1. The highest BCUT2D eigenvalue weighted by Gasteiger charge is 2.45. The summed E-state index contributed by atoms with van der Waals surface area (Å²) < 4.78 is 169. The molecular formula is C19H5AlF12O. The van der Waals surface area contributed by atoms with Gasteiger partial charge < -0.3 is 4.74 Å². The van der Waals surface area contributed by atoms with Crippen LogP contribution in [0.4, 0.5) is 52.7 Å². The molecular weight excluding hydrogens is 499 g/mol. The minimum absolute atomic E-state index is 0.379. The third-order valence-electron chi connectivity index (χ3n) is 4.63. The van der Waals surface area contributed by atoms with Crippen molar-refractivity contribution >= 4 is 27.4 Å². The third kappa shape index (κ3) is 3.81. The molecule has 3 rings (SSSR count). The smallest absolute Gasteiger partial charge is 0.412 e. The first-order valence-corrected chi connectivity index (χ1v) is 10.1. The zero-order valence-corrected chi connectivity index (χ0v) is 16.8. The van der Waals surface area contributed by atoms with Gasteiger partial charge in [-0.3, -0.25) is 0 Å². The molecule has 1 nitrogen and oxygen atoms in total. The number of ether oxygens (including phenoxy) is 1. The molecule has 0 heterocycles. The first-order valence-electron chi connectivity index (χ1n) is 8.40. The fourth-order valence-corrected chi connectivity index (χ4v) is 6.29. The van der Waals surface area contributed by atoms with E-state index in [1.54, 1.807) is 0 Å². The Hall–Kier alpha value is -2.85. The van der Waals surface area contributed by atoms with Crippen molar-refractivity contribution in [3.63, 3.8) is 0 Å². The van der Waals surface area contributed by atoms with Gasteiger partial charge in [0.15, 0.2) is 52.3 Å². The van der Waals surface area contributed by atoms with Crippen molar-refractivity contribution < 1.29 is 57.4 Å². The summed E-state index contributed by atoms with van der Waals surface area (Å²) in [5.41, 5.74) is 0. The average Bonchev–Trinajstić information content (AvgIpc) is 2.75. The van der Waals surface area contributed by atoms with Crippen molar-refractivity contribution in [2.45, 2.75) is 0 Å². The predicted molar refractivity (Wildman–Crippen MR) is 90.0 cm³/mol. The Kier molecular flexibility index (Phi) is 6.63. The van der Waals surface area contributed by atoms with E-state index < -0.39 is 103 Å². The molecule has 0 aliphatic rings. The molecule has 33 heavy (non-hydrogen) atoms. The van der Waals surface area contributed by atoms with Crippen LogP contribution in [-0.2, 0) is 0 Å². The second-order valence-corrected chi connectivity index (χ2v) is 9.00. The van der Waals surface area contributed by atoms with Gasteiger partial charge in [-0.2, -0.15) is 8.78 Å².